The molecule has 0 aromatic heterocycles. The van der Waals surface area contributed by atoms with Gasteiger partial charge in [0.1, 0.15) is 5.60 Å². The van der Waals surface area contributed by atoms with E-state index in [0.717, 1.165) is 12.0 Å². The fourth-order valence-electron chi connectivity index (χ4n) is 3.18. The van der Waals surface area contributed by atoms with E-state index in [1.165, 1.54) is 13.8 Å². The van der Waals surface area contributed by atoms with Crippen molar-refractivity contribution in [1.29, 1.82) is 0 Å². The molecule has 0 saturated carbocycles. The van der Waals surface area contributed by atoms with Gasteiger partial charge in [-0.1, -0.05) is 24.3 Å². The first-order valence-corrected chi connectivity index (χ1v) is 9.70. The first-order chi connectivity index (χ1) is 14.1. The number of hydrogen-bond acceptors (Lipinski definition) is 6. The predicted octanol–water partition coefficient (Wildman–Crippen LogP) is 3.55. The van der Waals surface area contributed by atoms with E-state index in [1.807, 2.05) is 26.0 Å². The Morgan fingerprint density at radius 2 is 1.90 bits per heavy atom. The maximum absolute atomic E-state index is 12.3. The maximum atomic E-state index is 12.3. The molecule has 0 fully saturated rings. The number of Topliss-reactive ketones (excluding diaryl/α,β-unsaturated/α-hetero) is 1. The van der Waals surface area contributed by atoms with Gasteiger partial charge in [-0.25, -0.2) is 4.79 Å². The van der Waals surface area contributed by atoms with Crippen LogP contribution in [0.1, 0.15) is 43.6 Å². The van der Waals surface area contributed by atoms with E-state index in [4.69, 9.17) is 14.2 Å². The van der Waals surface area contributed by atoms with Crippen LogP contribution in [-0.4, -0.2) is 36.0 Å². The number of rotatable bonds is 7. The summed E-state index contributed by atoms with van der Waals surface area (Å²) in [5, 5.41) is 2.63. The van der Waals surface area contributed by atoms with Crippen LogP contribution in [0.4, 0.5) is 5.69 Å². The highest BCUT2D eigenvalue weighted by Crippen LogP contribution is 2.41. The third-order valence-electron chi connectivity index (χ3n) is 4.61. The van der Waals surface area contributed by atoms with Crippen molar-refractivity contribution >= 4 is 23.3 Å². The standard InChI is InChI=1S/C23H25NO6/c1-14(25)16-7-5-9-18(11-16)24-22(27)15(2)29-20(26)13-28-19-10-6-8-17-12-23(3,4)30-21(17)19/h5-11,15H,12-13H2,1-4H3,(H,24,27). The van der Waals surface area contributed by atoms with E-state index >= 15 is 0 Å². The fraction of sp³-hybridized carbons (Fsp3) is 0.348. The second-order valence-corrected chi connectivity index (χ2v) is 7.83. The average Bonchev–Trinajstić information content (AvgIpc) is 3.00. The van der Waals surface area contributed by atoms with E-state index in [9.17, 15) is 14.4 Å². The van der Waals surface area contributed by atoms with Crippen molar-refractivity contribution in [2.75, 3.05) is 11.9 Å². The number of carbonyl (C=O) groups is 3. The SMILES string of the molecule is CC(=O)c1cccc(NC(=O)C(C)OC(=O)COc2cccc3c2OC(C)(C)C3)c1. The molecule has 0 aliphatic carbocycles. The molecule has 30 heavy (non-hydrogen) atoms. The number of fused-ring (bicyclic) bond motifs is 1. The lowest BCUT2D eigenvalue weighted by molar-refractivity contribution is -0.155. The van der Waals surface area contributed by atoms with Crippen LogP contribution in [0.15, 0.2) is 42.5 Å². The minimum atomic E-state index is -1.03. The summed E-state index contributed by atoms with van der Waals surface area (Å²) < 4.78 is 16.6. The van der Waals surface area contributed by atoms with Gasteiger partial charge in [-0.3, -0.25) is 9.59 Å². The summed E-state index contributed by atoms with van der Waals surface area (Å²) in [5.41, 5.74) is 1.62. The molecule has 1 heterocycles. The van der Waals surface area contributed by atoms with Crippen molar-refractivity contribution in [3.8, 4) is 11.5 Å². The summed E-state index contributed by atoms with van der Waals surface area (Å²) in [6.07, 6.45) is -0.273. The van der Waals surface area contributed by atoms with Crippen LogP contribution >= 0.6 is 0 Å². The van der Waals surface area contributed by atoms with Crippen LogP contribution in [0, 0.1) is 0 Å². The Balaban J connectivity index is 1.53. The van der Waals surface area contributed by atoms with Crippen molar-refractivity contribution in [3.05, 3.63) is 53.6 Å². The van der Waals surface area contributed by atoms with Gasteiger partial charge in [0.15, 0.2) is 30.0 Å². The number of ether oxygens (including phenoxy) is 3. The van der Waals surface area contributed by atoms with Crippen molar-refractivity contribution in [2.24, 2.45) is 0 Å². The van der Waals surface area contributed by atoms with E-state index < -0.39 is 18.0 Å². The zero-order valence-electron chi connectivity index (χ0n) is 17.5. The van der Waals surface area contributed by atoms with Gasteiger partial charge in [-0.2, -0.15) is 0 Å². The van der Waals surface area contributed by atoms with Gasteiger partial charge in [-0.05, 0) is 45.9 Å². The first kappa shape index (κ1) is 21.4. The Morgan fingerprint density at radius 1 is 1.17 bits per heavy atom. The number of carbonyl (C=O) groups excluding carboxylic acids is 3. The highest BCUT2D eigenvalue weighted by atomic mass is 16.6. The van der Waals surface area contributed by atoms with E-state index in [0.29, 0.717) is 22.7 Å². The smallest absolute Gasteiger partial charge is 0.344 e. The Morgan fingerprint density at radius 3 is 2.63 bits per heavy atom. The number of nitrogens with one attached hydrogen (secondary N) is 1. The monoisotopic (exact) mass is 411 g/mol. The molecule has 1 amide bonds. The number of hydrogen-bond donors (Lipinski definition) is 1. The van der Waals surface area contributed by atoms with Gasteiger partial charge < -0.3 is 19.5 Å². The van der Waals surface area contributed by atoms with Crippen molar-refractivity contribution in [2.45, 2.75) is 45.8 Å². The minimum Gasteiger partial charge on any atom is -0.483 e. The Kier molecular flexibility index (Phi) is 6.10. The van der Waals surface area contributed by atoms with Crippen LogP contribution in [0.2, 0.25) is 0 Å². The Hall–Kier alpha value is -3.35. The first-order valence-electron chi connectivity index (χ1n) is 9.70. The van der Waals surface area contributed by atoms with Crippen molar-refractivity contribution in [3.63, 3.8) is 0 Å². The normalized spacial score (nSPS) is 14.8. The van der Waals surface area contributed by atoms with Crippen LogP contribution in [0.25, 0.3) is 0 Å². The Bertz CT molecular complexity index is 981. The summed E-state index contributed by atoms with van der Waals surface area (Å²) in [7, 11) is 0. The van der Waals surface area contributed by atoms with Gasteiger partial charge in [-0.15, -0.1) is 0 Å². The molecule has 1 unspecified atom stereocenters. The van der Waals surface area contributed by atoms with E-state index in [1.54, 1.807) is 30.3 Å². The van der Waals surface area contributed by atoms with Crippen LogP contribution in [-0.2, 0) is 20.7 Å². The number of para-hydroxylation sites is 1. The molecule has 158 valence electrons. The molecule has 2 aromatic rings. The zero-order chi connectivity index (χ0) is 21.9. The lowest BCUT2D eigenvalue weighted by Crippen LogP contribution is -2.31. The van der Waals surface area contributed by atoms with E-state index in [-0.39, 0.29) is 18.0 Å². The second kappa shape index (κ2) is 8.57. The number of ketones is 1. The third kappa shape index (κ3) is 5.17. The average molecular weight is 411 g/mol. The summed E-state index contributed by atoms with van der Waals surface area (Å²) in [4.78, 5) is 35.9. The number of benzene rings is 2. The molecule has 1 aliphatic rings. The van der Waals surface area contributed by atoms with Gasteiger partial charge in [0.05, 0.1) is 0 Å². The van der Waals surface area contributed by atoms with Gasteiger partial charge >= 0.3 is 5.97 Å². The summed E-state index contributed by atoms with van der Waals surface area (Å²) >= 11 is 0. The highest BCUT2D eigenvalue weighted by molar-refractivity contribution is 5.98. The Labute approximate surface area is 175 Å². The quantitative estimate of drug-likeness (QED) is 0.553. The zero-order valence-corrected chi connectivity index (χ0v) is 17.5. The molecule has 0 bridgehead atoms. The van der Waals surface area contributed by atoms with Gasteiger partial charge in [0, 0.05) is 23.2 Å². The lowest BCUT2D eigenvalue weighted by Gasteiger charge is -2.18. The van der Waals surface area contributed by atoms with Crippen LogP contribution < -0.4 is 14.8 Å². The number of esters is 1. The highest BCUT2D eigenvalue weighted by Gasteiger charge is 2.32. The molecular formula is C23H25NO6. The fourth-order valence-corrected chi connectivity index (χ4v) is 3.18. The van der Waals surface area contributed by atoms with Crippen LogP contribution in [0.3, 0.4) is 0 Å². The molecule has 7 nitrogen and oxygen atoms in total. The van der Waals surface area contributed by atoms with Crippen LogP contribution in [0.5, 0.6) is 11.5 Å². The number of anilines is 1. The molecule has 2 aromatic carbocycles. The van der Waals surface area contributed by atoms with Gasteiger partial charge in [0.25, 0.3) is 5.91 Å². The predicted molar refractivity (Wildman–Crippen MR) is 111 cm³/mol. The summed E-state index contributed by atoms with van der Waals surface area (Å²) in [6, 6.07) is 12.1. The van der Waals surface area contributed by atoms with E-state index in [2.05, 4.69) is 5.32 Å². The van der Waals surface area contributed by atoms with Crippen molar-refractivity contribution in [1.82, 2.24) is 0 Å². The van der Waals surface area contributed by atoms with Crippen molar-refractivity contribution < 1.29 is 28.6 Å². The molecule has 0 saturated heterocycles. The molecule has 1 atom stereocenters. The molecule has 1 N–H and O–H groups in total. The molecule has 7 heteroatoms. The summed E-state index contributed by atoms with van der Waals surface area (Å²) in [6.45, 7) is 6.53. The number of amides is 1. The topological polar surface area (TPSA) is 90.9 Å². The molecule has 0 radical (unpaired) electrons. The molecule has 3 rings (SSSR count). The summed E-state index contributed by atoms with van der Waals surface area (Å²) in [5.74, 6) is -0.193. The second-order valence-electron chi connectivity index (χ2n) is 7.83. The maximum Gasteiger partial charge on any atom is 0.344 e. The molecule has 0 spiro atoms. The third-order valence-corrected chi connectivity index (χ3v) is 4.61. The van der Waals surface area contributed by atoms with Gasteiger partial charge in [0.2, 0.25) is 0 Å². The largest absolute Gasteiger partial charge is 0.483 e. The minimum absolute atomic E-state index is 0.109. The molecule has 1 aliphatic heterocycles. The molecular weight excluding hydrogens is 386 g/mol. The lowest BCUT2D eigenvalue weighted by atomic mass is 10.0.